The fourth-order valence-corrected chi connectivity index (χ4v) is 6.54. The van der Waals surface area contributed by atoms with Crippen LogP contribution in [0.3, 0.4) is 0 Å². The first-order valence-corrected chi connectivity index (χ1v) is 12.3. The molecule has 4 atom stereocenters. The molecule has 1 aromatic rings. The molecule has 162 valence electrons. The number of aryl methyl sites for hydroxylation is 1. The van der Waals surface area contributed by atoms with Crippen molar-refractivity contribution >= 4 is 22.1 Å². The van der Waals surface area contributed by atoms with E-state index in [2.05, 4.69) is 6.92 Å². The predicted octanol–water partition coefficient (Wildman–Crippen LogP) is 2.50. The molecule has 7 nitrogen and oxygen atoms in total. The van der Waals surface area contributed by atoms with Crippen molar-refractivity contribution in [2.24, 2.45) is 28.3 Å². The van der Waals surface area contributed by atoms with Gasteiger partial charge in [-0.1, -0.05) is 13.0 Å². The first-order chi connectivity index (χ1) is 14.2. The van der Waals surface area contributed by atoms with Crippen molar-refractivity contribution in [3.8, 4) is 5.75 Å². The van der Waals surface area contributed by atoms with Gasteiger partial charge in [0.15, 0.2) is 0 Å². The summed E-state index contributed by atoms with van der Waals surface area (Å²) >= 11 is 0. The van der Waals surface area contributed by atoms with Gasteiger partial charge in [0, 0.05) is 13.0 Å². The molecule has 2 saturated carbocycles. The van der Waals surface area contributed by atoms with Gasteiger partial charge in [0.05, 0.1) is 5.41 Å². The molecule has 2 N–H and O–H groups in total. The van der Waals surface area contributed by atoms with E-state index in [1.165, 1.54) is 5.56 Å². The molecule has 0 aromatic heterocycles. The zero-order valence-corrected chi connectivity index (χ0v) is 18.0. The molecule has 1 saturated heterocycles. The third-order valence-corrected chi connectivity index (χ3v) is 8.29. The van der Waals surface area contributed by atoms with Gasteiger partial charge in [-0.05, 0) is 85.5 Å². The molecule has 4 aliphatic rings. The van der Waals surface area contributed by atoms with Crippen LogP contribution in [0.2, 0.25) is 0 Å². The first kappa shape index (κ1) is 20.0. The highest BCUT2D eigenvalue weighted by molar-refractivity contribution is 7.84. The van der Waals surface area contributed by atoms with Gasteiger partial charge in [0.2, 0.25) is 11.8 Å². The minimum Gasteiger partial charge on any atom is -0.371 e. The van der Waals surface area contributed by atoms with E-state index in [4.69, 9.17) is 9.32 Å². The average Bonchev–Trinajstić information content (AvgIpc) is 3.49. The summed E-state index contributed by atoms with van der Waals surface area (Å²) in [4.78, 5) is 27.8. The normalized spacial score (nSPS) is 33.5. The quantitative estimate of drug-likeness (QED) is 0.736. The number of fused-ring (bicyclic) bond motifs is 5. The van der Waals surface area contributed by atoms with Crippen LogP contribution in [0.1, 0.15) is 62.5 Å². The molecule has 3 fully saturated rings. The number of benzene rings is 1. The van der Waals surface area contributed by atoms with E-state index >= 15 is 0 Å². The monoisotopic (exact) mass is 432 g/mol. The minimum atomic E-state index is -4.05. The van der Waals surface area contributed by atoms with Crippen molar-refractivity contribution < 1.29 is 22.2 Å². The molecule has 1 aliphatic heterocycles. The van der Waals surface area contributed by atoms with E-state index in [1.54, 1.807) is 17.0 Å². The Morgan fingerprint density at radius 2 is 1.97 bits per heavy atom. The molecule has 0 bridgehead atoms. The number of nitrogens with two attached hydrogens (primary N) is 1. The van der Waals surface area contributed by atoms with Crippen molar-refractivity contribution in [1.82, 2.24) is 4.90 Å². The van der Waals surface area contributed by atoms with Crippen LogP contribution in [-0.4, -0.2) is 31.7 Å². The minimum absolute atomic E-state index is 0.00211. The predicted molar refractivity (Wildman–Crippen MR) is 110 cm³/mol. The molecule has 5 rings (SSSR count). The molecule has 3 unspecified atom stereocenters. The lowest BCUT2D eigenvalue weighted by Crippen LogP contribution is -2.59. The Morgan fingerprint density at radius 3 is 2.67 bits per heavy atom. The average molecular weight is 433 g/mol. The maximum atomic E-state index is 13.4. The number of rotatable bonds is 4. The number of likely N-dealkylation sites (tertiary alicyclic amines) is 1. The fraction of sp³-hybridized carbons (Fsp3) is 0.636. The number of piperidine rings is 1. The van der Waals surface area contributed by atoms with E-state index in [-0.39, 0.29) is 35.3 Å². The van der Waals surface area contributed by atoms with Crippen LogP contribution in [-0.2, 0) is 26.3 Å². The van der Waals surface area contributed by atoms with Gasteiger partial charge in [0.1, 0.15) is 5.75 Å². The topological polar surface area (TPSA) is 107 Å². The van der Waals surface area contributed by atoms with E-state index in [0.29, 0.717) is 18.9 Å². The molecule has 1 heterocycles. The van der Waals surface area contributed by atoms with Gasteiger partial charge in [-0.15, -0.1) is 0 Å². The molecule has 0 spiro atoms. The Morgan fingerprint density at radius 1 is 1.20 bits per heavy atom. The number of carbonyl (C=O) groups excluding carboxylic acids is 2. The number of imide groups is 1. The molecule has 8 heteroatoms. The van der Waals surface area contributed by atoms with Crippen molar-refractivity contribution in [3.05, 3.63) is 29.3 Å². The highest BCUT2D eigenvalue weighted by Crippen LogP contribution is 2.58. The summed E-state index contributed by atoms with van der Waals surface area (Å²) in [6.07, 6.45) is 6.04. The number of hydrogen-bond acceptors (Lipinski definition) is 5. The fourth-order valence-electron chi connectivity index (χ4n) is 6.17. The number of nitrogens with zero attached hydrogens (tertiary/aromatic N) is 1. The van der Waals surface area contributed by atoms with E-state index in [9.17, 15) is 18.0 Å². The van der Waals surface area contributed by atoms with Gasteiger partial charge in [0.25, 0.3) is 0 Å². The van der Waals surface area contributed by atoms with Crippen molar-refractivity contribution in [2.75, 3.05) is 6.54 Å². The van der Waals surface area contributed by atoms with Crippen molar-refractivity contribution in [1.29, 1.82) is 0 Å². The summed E-state index contributed by atoms with van der Waals surface area (Å²) in [5.74, 6) is 1.41. The lowest BCUT2D eigenvalue weighted by Gasteiger charge is -2.54. The second-order valence-electron chi connectivity index (χ2n) is 9.77. The van der Waals surface area contributed by atoms with Gasteiger partial charge in [-0.2, -0.15) is 13.6 Å². The molecule has 1 aromatic carbocycles. The Hall–Kier alpha value is -1.93. The molecule has 0 radical (unpaired) electrons. The Kier molecular flexibility index (Phi) is 4.52. The lowest BCUT2D eigenvalue weighted by atomic mass is 9.52. The molecule has 2 amide bonds. The van der Waals surface area contributed by atoms with Crippen LogP contribution in [0.4, 0.5) is 0 Å². The smallest absolute Gasteiger partial charge is 0.371 e. The molecular weight excluding hydrogens is 404 g/mol. The van der Waals surface area contributed by atoms with Crippen LogP contribution < -0.4 is 9.32 Å². The third-order valence-electron chi connectivity index (χ3n) is 7.87. The summed E-state index contributed by atoms with van der Waals surface area (Å²) in [6, 6.07) is 5.34. The molecule has 30 heavy (non-hydrogen) atoms. The summed E-state index contributed by atoms with van der Waals surface area (Å²) in [6.45, 7) is 2.67. The number of carbonyl (C=O) groups is 2. The van der Waals surface area contributed by atoms with Gasteiger partial charge < -0.3 is 4.18 Å². The highest BCUT2D eigenvalue weighted by atomic mass is 32.2. The molecule has 3 aliphatic carbocycles. The van der Waals surface area contributed by atoms with Gasteiger partial charge in [-0.25, -0.2) is 0 Å². The summed E-state index contributed by atoms with van der Waals surface area (Å²) < 4.78 is 27.3. The van der Waals surface area contributed by atoms with Crippen LogP contribution in [0.5, 0.6) is 5.75 Å². The maximum Gasteiger partial charge on any atom is 0.380 e. The van der Waals surface area contributed by atoms with Crippen LogP contribution in [0.25, 0.3) is 0 Å². The number of hydrogen-bond donors (Lipinski definition) is 1. The van der Waals surface area contributed by atoms with E-state index in [1.807, 2.05) is 6.07 Å². The van der Waals surface area contributed by atoms with Crippen LogP contribution >= 0.6 is 0 Å². The van der Waals surface area contributed by atoms with Crippen molar-refractivity contribution in [3.63, 3.8) is 0 Å². The van der Waals surface area contributed by atoms with Crippen molar-refractivity contribution in [2.45, 2.75) is 57.8 Å². The summed E-state index contributed by atoms with van der Waals surface area (Å²) in [5, 5.41) is 4.99. The maximum absolute atomic E-state index is 13.4. The van der Waals surface area contributed by atoms with Gasteiger partial charge in [-0.3, -0.25) is 14.5 Å². The summed E-state index contributed by atoms with van der Waals surface area (Å²) in [7, 11) is -4.05. The van der Waals surface area contributed by atoms with E-state index < -0.39 is 15.7 Å². The molecular formula is C22H28N2O5S. The number of amides is 2. The Labute approximate surface area is 177 Å². The Balaban J connectivity index is 1.41. The third kappa shape index (κ3) is 3.34. The highest BCUT2D eigenvalue weighted by Gasteiger charge is 2.57. The second-order valence-corrected chi connectivity index (χ2v) is 10.9. The summed E-state index contributed by atoms with van der Waals surface area (Å²) in [5.41, 5.74) is 1.80. The first-order valence-electron chi connectivity index (χ1n) is 10.9. The Bertz CT molecular complexity index is 1020. The largest absolute Gasteiger partial charge is 0.380 e. The standard InChI is InChI=1S/C22H28N2O5S/c1-22-9-8-17-16-7-5-15(29-30(23,27)28)10-14(16)4-6-18(17)19(22)11-20(25)24(21(22)26)12-13-2-3-13/h5,7,10,13,17-19H,2-4,6,8-9,11-12H2,1H3,(H2,23,27,28)/t17?,18?,19?,22-/m0/s1. The van der Waals surface area contributed by atoms with Gasteiger partial charge >= 0.3 is 10.3 Å². The zero-order valence-electron chi connectivity index (χ0n) is 17.2. The van der Waals surface area contributed by atoms with E-state index in [0.717, 1.165) is 44.1 Å². The SMILES string of the molecule is C[C@]12CCC3c4ccc(OS(N)(=O)=O)cc4CCC3C1CC(=O)N(CC1CC1)C2=O. The second kappa shape index (κ2) is 6.79. The lowest BCUT2D eigenvalue weighted by molar-refractivity contribution is -0.168. The zero-order chi connectivity index (χ0) is 21.3. The van der Waals surface area contributed by atoms with Crippen LogP contribution in [0, 0.1) is 23.2 Å². The van der Waals surface area contributed by atoms with Crippen LogP contribution in [0.15, 0.2) is 18.2 Å².